The summed E-state index contributed by atoms with van der Waals surface area (Å²) in [5, 5.41) is 44.1. The normalized spacial score (nSPS) is 30.7. The molecule has 0 radical (unpaired) electrons. The molecular weight excluding hydrogens is 983 g/mol. The number of nitrogens with zero attached hydrogens (tertiary/aromatic N) is 11. The maximum Gasteiger partial charge on any atom is 0.472 e. The Morgan fingerprint density at radius 2 is 1.01 bits per heavy atom. The Labute approximate surface area is 375 Å². The largest absolute Gasteiger partial charge is 0.472 e. The molecule has 0 saturated carbocycles. The van der Waals surface area contributed by atoms with Crippen LogP contribution in [-0.4, -0.2) is 173 Å². The number of ether oxygens (including phenoxy) is 3. The van der Waals surface area contributed by atoms with Crippen molar-refractivity contribution in [3.8, 4) is 0 Å². The predicted octanol–water partition coefficient (Wildman–Crippen LogP) is -4.20. The van der Waals surface area contributed by atoms with Crippen molar-refractivity contribution in [2.75, 3.05) is 37.0 Å². The lowest BCUT2D eigenvalue weighted by Crippen LogP contribution is -2.38. The van der Waals surface area contributed by atoms with Gasteiger partial charge in [-0.15, -0.1) is 0 Å². The highest BCUT2D eigenvalue weighted by Gasteiger charge is 2.54. The Balaban J connectivity index is 0.934. The van der Waals surface area contributed by atoms with E-state index in [-0.39, 0.29) is 51.1 Å². The molecule has 0 aliphatic carbocycles. The molecule has 6 aromatic rings. The van der Waals surface area contributed by atoms with Gasteiger partial charge < -0.3 is 71.4 Å². The van der Waals surface area contributed by atoms with E-state index in [0.29, 0.717) is 0 Å². The molecule has 15 N–H and O–H groups in total. The number of fused-ring (bicyclic) bond motifs is 3. The zero-order chi connectivity index (χ0) is 48.6. The summed E-state index contributed by atoms with van der Waals surface area (Å²) in [5.41, 5.74) is 16.4. The number of aromatic amines is 1. The molecule has 0 spiro atoms. The van der Waals surface area contributed by atoms with Crippen LogP contribution in [-0.2, 0) is 50.5 Å². The van der Waals surface area contributed by atoms with Crippen molar-refractivity contribution in [1.29, 1.82) is 0 Å². The van der Waals surface area contributed by atoms with Crippen LogP contribution in [0.1, 0.15) is 18.7 Å². The van der Waals surface area contributed by atoms with Gasteiger partial charge in [-0.3, -0.25) is 46.1 Å². The van der Waals surface area contributed by atoms with Crippen molar-refractivity contribution < 1.29 is 90.5 Å². The third-order valence-corrected chi connectivity index (χ3v) is 13.2. The van der Waals surface area contributed by atoms with Gasteiger partial charge >= 0.3 is 23.5 Å². The number of aromatic nitrogens is 12. The standard InChI is InChI=1S/C30H38N15O20P3/c31-21-12-23(36-4-34-21)43(6-38-12)27-16(48)19(63-66(51,52)53)10(61-27)2-58-68(56,57)65-20-11(62-28(17(20)49)44-7-39-13-22(32)35-5-37-24(13)44)3-59-67(54,55)64-18-9(1-46)60-29(15(18)47)45-8-40-14-25(45)41-30(33)42-26(14)50/h4-11,15-20,27-29,46-49H,1-3H2,(H,54,55)(H,56,57)(H2,31,34,36)(H2,32,35,37)(H2,51,52,53)(H3,33,41,42,50)/t9-,10-,11-,15-,16-,17-,18-,19-,20-,27-,28-,29-/m1/s1. The maximum atomic E-state index is 13.7. The average Bonchev–Trinajstić information content (AvgIpc) is 4.13. The first-order valence-corrected chi connectivity index (χ1v) is 23.9. The second-order valence-electron chi connectivity index (χ2n) is 15.0. The number of phosphoric acid groups is 3. The van der Waals surface area contributed by atoms with Crippen LogP contribution in [0.5, 0.6) is 0 Å². The van der Waals surface area contributed by atoms with Gasteiger partial charge in [-0.1, -0.05) is 0 Å². The second-order valence-corrected chi connectivity index (χ2v) is 19.0. The highest BCUT2D eigenvalue weighted by Crippen LogP contribution is 2.53. The number of nitrogens with one attached hydrogen (secondary N) is 1. The number of rotatable bonds is 16. The molecule has 0 amide bonds. The molecule has 0 bridgehead atoms. The molecule has 368 valence electrons. The van der Waals surface area contributed by atoms with Gasteiger partial charge in [-0.2, -0.15) is 4.98 Å². The van der Waals surface area contributed by atoms with Crippen molar-refractivity contribution in [3.05, 3.63) is 42.0 Å². The fraction of sp³-hybridized carbons (Fsp3) is 0.500. The number of anilines is 3. The summed E-state index contributed by atoms with van der Waals surface area (Å²) in [7, 11) is -16.3. The van der Waals surface area contributed by atoms with E-state index in [1.54, 1.807) is 0 Å². The number of aliphatic hydroxyl groups is 4. The quantitative estimate of drug-likeness (QED) is 0.0409. The fourth-order valence-electron chi connectivity index (χ4n) is 7.76. The van der Waals surface area contributed by atoms with Crippen LogP contribution >= 0.6 is 23.5 Å². The number of nitrogen functional groups attached to an aromatic ring is 3. The molecular formula is C30H38N15O20P3. The summed E-state index contributed by atoms with van der Waals surface area (Å²) < 4.78 is 85.7. The van der Waals surface area contributed by atoms with Gasteiger partial charge in [0.15, 0.2) is 52.8 Å². The maximum absolute atomic E-state index is 13.7. The van der Waals surface area contributed by atoms with Crippen LogP contribution in [0.2, 0.25) is 0 Å². The molecule has 2 unspecified atom stereocenters. The number of nitrogens with two attached hydrogens (primary N) is 3. The molecule has 35 nitrogen and oxygen atoms in total. The first-order valence-electron chi connectivity index (χ1n) is 19.4. The molecule has 68 heavy (non-hydrogen) atoms. The molecule has 9 heterocycles. The van der Waals surface area contributed by atoms with Crippen LogP contribution in [0, 0.1) is 0 Å². The minimum atomic E-state index is -5.53. The predicted molar refractivity (Wildman–Crippen MR) is 217 cm³/mol. The van der Waals surface area contributed by atoms with E-state index in [2.05, 4.69) is 44.9 Å². The van der Waals surface area contributed by atoms with Crippen molar-refractivity contribution in [2.24, 2.45) is 0 Å². The van der Waals surface area contributed by atoms with Crippen molar-refractivity contribution in [2.45, 2.75) is 73.6 Å². The summed E-state index contributed by atoms with van der Waals surface area (Å²) in [4.78, 5) is 87.7. The smallest absolute Gasteiger partial charge is 0.394 e. The van der Waals surface area contributed by atoms with E-state index in [1.165, 1.54) is 0 Å². The average molecular weight is 1020 g/mol. The van der Waals surface area contributed by atoms with Gasteiger partial charge in [-0.25, -0.2) is 48.6 Å². The second kappa shape index (κ2) is 18.0. The Hall–Kier alpha value is -5.10. The van der Waals surface area contributed by atoms with E-state index in [0.717, 1.165) is 45.3 Å². The van der Waals surface area contributed by atoms with E-state index < -0.39 is 122 Å². The third kappa shape index (κ3) is 9.11. The van der Waals surface area contributed by atoms with E-state index in [4.69, 9.17) is 54.0 Å². The zero-order valence-corrected chi connectivity index (χ0v) is 36.6. The summed E-state index contributed by atoms with van der Waals surface area (Å²) in [6.07, 6.45) is -16.0. The molecule has 0 aromatic carbocycles. The number of hydrogen-bond donors (Lipinski definition) is 12. The summed E-state index contributed by atoms with van der Waals surface area (Å²) in [6.45, 7) is -3.09. The lowest BCUT2D eigenvalue weighted by Gasteiger charge is -2.26. The summed E-state index contributed by atoms with van der Waals surface area (Å²) in [6, 6.07) is 0. The lowest BCUT2D eigenvalue weighted by atomic mass is 10.1. The Morgan fingerprint density at radius 1 is 0.603 bits per heavy atom. The zero-order valence-electron chi connectivity index (χ0n) is 33.9. The Morgan fingerprint density at radius 3 is 1.47 bits per heavy atom. The highest BCUT2D eigenvalue weighted by molar-refractivity contribution is 7.47. The number of aliphatic hydroxyl groups excluding tert-OH is 4. The molecule has 3 aliphatic heterocycles. The Kier molecular flexibility index (Phi) is 12.7. The van der Waals surface area contributed by atoms with Gasteiger partial charge in [-0.05, 0) is 0 Å². The molecule has 3 fully saturated rings. The molecule has 3 saturated heterocycles. The van der Waals surface area contributed by atoms with Gasteiger partial charge in [0.1, 0.15) is 78.6 Å². The van der Waals surface area contributed by atoms with Crippen LogP contribution < -0.4 is 22.8 Å². The minimum absolute atomic E-state index is 0.0145. The first kappa shape index (κ1) is 47.9. The van der Waals surface area contributed by atoms with Gasteiger partial charge in [0.25, 0.3) is 5.56 Å². The fourth-order valence-corrected chi connectivity index (χ4v) is 10.3. The number of H-pyrrole nitrogens is 1. The summed E-state index contributed by atoms with van der Waals surface area (Å²) in [5.74, 6) is -0.460. The molecule has 6 aromatic heterocycles. The highest BCUT2D eigenvalue weighted by atomic mass is 31.2. The number of hydrogen-bond acceptors (Lipinski definition) is 27. The lowest BCUT2D eigenvalue weighted by molar-refractivity contribution is -0.0616. The third-order valence-electron chi connectivity index (χ3n) is 10.7. The van der Waals surface area contributed by atoms with Crippen LogP contribution in [0.4, 0.5) is 17.6 Å². The molecule has 9 rings (SSSR count). The minimum Gasteiger partial charge on any atom is -0.394 e. The van der Waals surface area contributed by atoms with Gasteiger partial charge in [0, 0.05) is 0 Å². The van der Waals surface area contributed by atoms with Crippen LogP contribution in [0.3, 0.4) is 0 Å². The summed E-state index contributed by atoms with van der Waals surface area (Å²) >= 11 is 0. The topological polar surface area (TPSA) is 516 Å². The number of imidazole rings is 3. The molecule has 38 heteroatoms. The first-order chi connectivity index (χ1) is 32.1. The van der Waals surface area contributed by atoms with Crippen molar-refractivity contribution in [1.82, 2.24) is 58.6 Å². The molecule has 3 aliphatic rings. The van der Waals surface area contributed by atoms with E-state index in [1.807, 2.05) is 0 Å². The van der Waals surface area contributed by atoms with Crippen LogP contribution in [0.25, 0.3) is 33.5 Å². The monoisotopic (exact) mass is 1020 g/mol. The molecule has 14 atom stereocenters. The van der Waals surface area contributed by atoms with Gasteiger partial charge in [0.05, 0.1) is 38.8 Å². The van der Waals surface area contributed by atoms with Gasteiger partial charge in [0.2, 0.25) is 5.95 Å². The Bertz CT molecular complexity index is 3060. The van der Waals surface area contributed by atoms with Crippen LogP contribution in [0.15, 0.2) is 36.4 Å². The number of phosphoric ester groups is 3. The van der Waals surface area contributed by atoms with E-state index in [9.17, 15) is 58.5 Å². The van der Waals surface area contributed by atoms with Crippen molar-refractivity contribution >= 4 is 74.5 Å². The van der Waals surface area contributed by atoms with E-state index >= 15 is 0 Å². The van der Waals surface area contributed by atoms with Crippen molar-refractivity contribution in [3.63, 3.8) is 0 Å². The SMILES string of the molecule is Nc1nc2c(ncn2[C@@H]2O[C@H](CO)[C@@H](OP(=O)(O)OC[C@H]3O[C@@H](n4cnc5c(N)ncnc54)[C@H](O)[C@@H]3OP(=O)(O)OC[C@H]3O[C@@H](n4cnc5c(N)ncnc54)[C@H](O)[C@@H]3OP(=O)(O)O)[C@H]2O)c(=O)[nH]1.